The van der Waals surface area contributed by atoms with Crippen LogP contribution in [0.1, 0.15) is 22.2 Å². The van der Waals surface area contributed by atoms with E-state index in [0.717, 1.165) is 22.7 Å². The molecule has 0 radical (unpaired) electrons. The van der Waals surface area contributed by atoms with Gasteiger partial charge in [-0.05, 0) is 44.2 Å². The number of nitrogens with one attached hydrogen (secondary N) is 1. The molecule has 0 fully saturated rings. The van der Waals surface area contributed by atoms with E-state index < -0.39 is 0 Å². The summed E-state index contributed by atoms with van der Waals surface area (Å²) >= 11 is 13.9. The number of halogens is 2. The molecular weight excluding hydrogens is 287 g/mol. The summed E-state index contributed by atoms with van der Waals surface area (Å²) in [5.41, 5.74) is 3.99. The topological polar surface area (TPSA) is 24.9 Å². The van der Waals surface area contributed by atoms with E-state index in [1.807, 2.05) is 31.6 Å². The lowest BCUT2D eigenvalue weighted by atomic mass is 10.0. The van der Waals surface area contributed by atoms with Gasteiger partial charge in [0.1, 0.15) is 0 Å². The number of rotatable bonds is 4. The van der Waals surface area contributed by atoms with Gasteiger partial charge in [0.25, 0.3) is 0 Å². The number of hydrogen-bond donors (Lipinski definition) is 1. The summed E-state index contributed by atoms with van der Waals surface area (Å²) in [6.07, 6.45) is 0.804. The molecule has 2 nitrogen and oxygen atoms in total. The molecule has 1 heterocycles. The Bertz CT molecular complexity index is 540. The number of aryl methyl sites for hydroxylation is 1. The molecule has 0 bridgehead atoms. The fourth-order valence-corrected chi connectivity index (χ4v) is 3.19. The summed E-state index contributed by atoms with van der Waals surface area (Å²) in [4.78, 5) is 5.53. The summed E-state index contributed by atoms with van der Waals surface area (Å²) in [7, 11) is 1.95. The van der Waals surface area contributed by atoms with Gasteiger partial charge in [-0.25, -0.2) is 4.98 Å². The highest BCUT2D eigenvalue weighted by Crippen LogP contribution is 2.29. The smallest absolute Gasteiger partial charge is 0.0798 e. The number of hydrogen-bond acceptors (Lipinski definition) is 3. The summed E-state index contributed by atoms with van der Waals surface area (Å²) in [5.74, 6) is 0. The largest absolute Gasteiger partial charge is 0.312 e. The molecule has 96 valence electrons. The second-order valence-electron chi connectivity index (χ2n) is 4.08. The Balaban J connectivity index is 2.26. The van der Waals surface area contributed by atoms with Gasteiger partial charge in [-0.1, -0.05) is 23.2 Å². The quantitative estimate of drug-likeness (QED) is 0.912. The minimum absolute atomic E-state index is 0.216. The van der Waals surface area contributed by atoms with E-state index in [1.54, 1.807) is 17.4 Å². The van der Waals surface area contributed by atoms with Crippen molar-refractivity contribution < 1.29 is 0 Å². The van der Waals surface area contributed by atoms with E-state index in [0.29, 0.717) is 5.02 Å². The molecule has 2 aromatic rings. The third-order valence-electron chi connectivity index (χ3n) is 2.88. The Hall–Kier alpha value is -0.610. The molecule has 5 heteroatoms. The summed E-state index contributed by atoms with van der Waals surface area (Å²) in [6.45, 7) is 2.02. The van der Waals surface area contributed by atoms with Crippen LogP contribution >= 0.6 is 34.5 Å². The molecule has 0 aliphatic carbocycles. The van der Waals surface area contributed by atoms with Gasteiger partial charge in [-0.2, -0.15) is 0 Å². The van der Waals surface area contributed by atoms with Gasteiger partial charge in [0.15, 0.2) is 0 Å². The Morgan fingerprint density at radius 3 is 2.78 bits per heavy atom. The molecule has 0 aliphatic rings. The number of nitrogens with zero attached hydrogens (tertiary/aromatic N) is 1. The van der Waals surface area contributed by atoms with E-state index in [4.69, 9.17) is 23.2 Å². The van der Waals surface area contributed by atoms with Gasteiger partial charge in [0, 0.05) is 21.0 Å². The fraction of sp³-hybridized carbons (Fsp3) is 0.308. The zero-order valence-electron chi connectivity index (χ0n) is 10.2. The van der Waals surface area contributed by atoms with Crippen LogP contribution in [0.2, 0.25) is 10.0 Å². The lowest BCUT2D eigenvalue weighted by molar-refractivity contribution is 0.598. The van der Waals surface area contributed by atoms with Crippen molar-refractivity contribution in [2.75, 3.05) is 7.05 Å². The predicted octanol–water partition coefficient (Wildman–Crippen LogP) is 4.26. The monoisotopic (exact) mass is 300 g/mol. The molecule has 2 rings (SSSR count). The Morgan fingerprint density at radius 1 is 1.39 bits per heavy atom. The Morgan fingerprint density at radius 2 is 2.17 bits per heavy atom. The van der Waals surface area contributed by atoms with Gasteiger partial charge in [0.2, 0.25) is 0 Å². The average Bonchev–Trinajstić information content (AvgIpc) is 2.77. The van der Waals surface area contributed by atoms with Crippen molar-refractivity contribution >= 4 is 34.5 Å². The number of thiazole rings is 1. The zero-order valence-corrected chi connectivity index (χ0v) is 12.5. The summed E-state index contributed by atoms with van der Waals surface area (Å²) in [5, 5.41) is 4.77. The number of aromatic nitrogens is 1. The molecule has 0 spiro atoms. The first-order valence-corrected chi connectivity index (χ1v) is 7.26. The predicted molar refractivity (Wildman–Crippen MR) is 78.8 cm³/mol. The van der Waals surface area contributed by atoms with Gasteiger partial charge in [0.05, 0.1) is 11.2 Å². The van der Waals surface area contributed by atoms with Gasteiger partial charge < -0.3 is 5.32 Å². The van der Waals surface area contributed by atoms with Crippen LogP contribution in [0, 0.1) is 6.92 Å². The average molecular weight is 301 g/mol. The van der Waals surface area contributed by atoms with E-state index in [2.05, 4.69) is 10.3 Å². The number of benzene rings is 1. The van der Waals surface area contributed by atoms with Crippen LogP contribution in [0.5, 0.6) is 0 Å². The summed E-state index contributed by atoms with van der Waals surface area (Å²) in [6, 6.07) is 5.78. The zero-order chi connectivity index (χ0) is 13.1. The van der Waals surface area contributed by atoms with Gasteiger partial charge in [-0.15, -0.1) is 11.3 Å². The highest BCUT2D eigenvalue weighted by atomic mass is 35.5. The first-order chi connectivity index (χ1) is 8.61. The third-order valence-corrected chi connectivity index (χ3v) is 4.53. The lowest BCUT2D eigenvalue weighted by Gasteiger charge is -2.16. The minimum atomic E-state index is 0.216. The van der Waals surface area contributed by atoms with E-state index in [1.165, 1.54) is 4.88 Å². The molecule has 1 unspecified atom stereocenters. The molecule has 0 saturated carbocycles. The maximum atomic E-state index is 6.20. The molecular formula is C13H14Cl2N2S. The van der Waals surface area contributed by atoms with Crippen molar-refractivity contribution in [2.45, 2.75) is 19.4 Å². The van der Waals surface area contributed by atoms with Crippen LogP contribution in [0.4, 0.5) is 0 Å². The van der Waals surface area contributed by atoms with Crippen molar-refractivity contribution in [1.82, 2.24) is 10.3 Å². The minimum Gasteiger partial charge on any atom is -0.312 e. The molecule has 1 N–H and O–H groups in total. The SMILES string of the molecule is CNC(Cc1cc(Cl)ccc1Cl)c1scnc1C. The van der Waals surface area contributed by atoms with Crippen LogP contribution < -0.4 is 5.32 Å². The molecule has 1 aromatic heterocycles. The second kappa shape index (κ2) is 6.02. The van der Waals surface area contributed by atoms with Crippen molar-refractivity contribution in [2.24, 2.45) is 0 Å². The molecule has 1 atom stereocenters. The molecule has 0 amide bonds. The highest BCUT2D eigenvalue weighted by molar-refractivity contribution is 7.09. The standard InChI is InChI=1S/C13H14Cl2N2S/c1-8-13(18-7-17-8)12(16-2)6-9-5-10(14)3-4-11(9)15/h3-5,7,12,16H,6H2,1-2H3. The maximum absolute atomic E-state index is 6.20. The van der Waals surface area contributed by atoms with Crippen molar-refractivity contribution in [1.29, 1.82) is 0 Å². The fourth-order valence-electron chi connectivity index (χ4n) is 1.89. The highest BCUT2D eigenvalue weighted by Gasteiger charge is 2.16. The molecule has 18 heavy (non-hydrogen) atoms. The van der Waals surface area contributed by atoms with E-state index >= 15 is 0 Å². The molecule has 1 aromatic carbocycles. The number of likely N-dealkylation sites (N-methyl/N-ethyl adjacent to an activating group) is 1. The maximum Gasteiger partial charge on any atom is 0.0798 e. The van der Waals surface area contributed by atoms with E-state index in [-0.39, 0.29) is 6.04 Å². The Kier molecular flexibility index (Phi) is 4.62. The lowest BCUT2D eigenvalue weighted by Crippen LogP contribution is -2.18. The van der Waals surface area contributed by atoms with Crippen molar-refractivity contribution in [3.63, 3.8) is 0 Å². The normalized spacial score (nSPS) is 12.7. The van der Waals surface area contributed by atoms with Crippen LogP contribution in [0.25, 0.3) is 0 Å². The van der Waals surface area contributed by atoms with Crippen molar-refractivity contribution in [3.05, 3.63) is 49.9 Å². The van der Waals surface area contributed by atoms with E-state index in [9.17, 15) is 0 Å². The van der Waals surface area contributed by atoms with Gasteiger partial charge in [-0.3, -0.25) is 0 Å². The van der Waals surface area contributed by atoms with Crippen LogP contribution in [0.15, 0.2) is 23.7 Å². The molecule has 0 saturated heterocycles. The second-order valence-corrected chi connectivity index (χ2v) is 5.81. The first kappa shape index (κ1) is 13.8. The Labute approximate surface area is 121 Å². The van der Waals surface area contributed by atoms with Crippen LogP contribution in [-0.4, -0.2) is 12.0 Å². The summed E-state index contributed by atoms with van der Waals surface area (Å²) < 4.78 is 0. The first-order valence-electron chi connectivity index (χ1n) is 5.63. The van der Waals surface area contributed by atoms with Crippen LogP contribution in [-0.2, 0) is 6.42 Å². The van der Waals surface area contributed by atoms with Crippen molar-refractivity contribution in [3.8, 4) is 0 Å². The van der Waals surface area contributed by atoms with Gasteiger partial charge >= 0.3 is 0 Å². The van der Waals surface area contributed by atoms with Crippen LogP contribution in [0.3, 0.4) is 0 Å². The molecule has 0 aliphatic heterocycles. The third kappa shape index (κ3) is 3.04.